The maximum atomic E-state index is 6.31. The molecule has 1 atom stereocenters. The Bertz CT molecular complexity index is 626. The summed E-state index contributed by atoms with van der Waals surface area (Å²) in [7, 11) is 1.56. The average Bonchev–Trinajstić information content (AvgIpc) is 2.39. The number of halogens is 5. The molecule has 2 rings (SSSR count). The maximum Gasteiger partial charge on any atom is 0.138 e. The first kappa shape index (κ1) is 16.6. The van der Waals surface area contributed by atoms with Gasteiger partial charge in [0, 0.05) is 20.0 Å². The first-order valence-electron chi connectivity index (χ1n) is 5.55. The van der Waals surface area contributed by atoms with Gasteiger partial charge >= 0.3 is 0 Å². The Morgan fingerprint density at radius 2 is 1.55 bits per heavy atom. The first-order valence-corrected chi connectivity index (χ1v) is 8.81. The molecule has 0 N–H and O–H groups in total. The van der Waals surface area contributed by atoms with E-state index in [4.69, 9.17) is 27.9 Å². The van der Waals surface area contributed by atoms with Crippen LogP contribution >= 0.6 is 71.0 Å². The van der Waals surface area contributed by atoms with E-state index in [1.165, 1.54) is 0 Å². The fraction of sp³-hybridized carbons (Fsp3) is 0.143. The second kappa shape index (κ2) is 7.01. The molecule has 2 aromatic rings. The predicted octanol–water partition coefficient (Wildman–Crippen LogP) is 7.01. The van der Waals surface area contributed by atoms with Crippen LogP contribution in [-0.4, -0.2) is 7.11 Å². The highest BCUT2D eigenvalue weighted by molar-refractivity contribution is 9.11. The van der Waals surface area contributed by atoms with E-state index in [0.29, 0.717) is 15.8 Å². The fourth-order valence-corrected chi connectivity index (χ4v) is 4.41. The lowest BCUT2D eigenvalue weighted by Gasteiger charge is -2.15. The summed E-state index contributed by atoms with van der Waals surface area (Å²) in [6.45, 7) is 0. The molecule has 1 unspecified atom stereocenters. The summed E-state index contributed by atoms with van der Waals surface area (Å²) in [6.07, 6.45) is 0. The van der Waals surface area contributed by atoms with Crippen LogP contribution in [0, 0.1) is 0 Å². The molecule has 2 aromatic carbocycles. The molecule has 0 fully saturated rings. The molecular formula is C14H9Br3Cl2O. The zero-order valence-electron chi connectivity index (χ0n) is 10.3. The van der Waals surface area contributed by atoms with Gasteiger partial charge in [0.15, 0.2) is 0 Å². The van der Waals surface area contributed by atoms with Gasteiger partial charge in [-0.05, 0) is 35.4 Å². The standard InChI is InChI=1S/C14H9Br3Cl2O/c1-20-13-6-11(18)10(5-12(13)19)14(17)7-2-8(15)4-9(16)3-7/h2-6,14H,1H3. The summed E-state index contributed by atoms with van der Waals surface area (Å²) in [5.41, 5.74) is 1.96. The minimum absolute atomic E-state index is 0.0628. The van der Waals surface area contributed by atoms with Crippen LogP contribution < -0.4 is 4.74 Å². The van der Waals surface area contributed by atoms with E-state index in [9.17, 15) is 0 Å². The van der Waals surface area contributed by atoms with Gasteiger partial charge in [-0.2, -0.15) is 0 Å². The Kier molecular flexibility index (Phi) is 5.83. The number of benzene rings is 2. The van der Waals surface area contributed by atoms with Crippen LogP contribution in [0.4, 0.5) is 0 Å². The number of hydrogen-bond acceptors (Lipinski definition) is 1. The Balaban J connectivity index is 2.47. The van der Waals surface area contributed by atoms with Crippen molar-refractivity contribution >= 4 is 71.0 Å². The van der Waals surface area contributed by atoms with Gasteiger partial charge in [-0.25, -0.2) is 0 Å². The maximum absolute atomic E-state index is 6.31. The van der Waals surface area contributed by atoms with E-state index in [1.54, 1.807) is 13.2 Å². The van der Waals surface area contributed by atoms with Crippen molar-refractivity contribution in [2.24, 2.45) is 0 Å². The number of alkyl halides is 1. The van der Waals surface area contributed by atoms with Gasteiger partial charge in [-0.3, -0.25) is 0 Å². The molecule has 20 heavy (non-hydrogen) atoms. The van der Waals surface area contributed by atoms with Gasteiger partial charge in [-0.15, -0.1) is 0 Å². The minimum atomic E-state index is -0.0628. The third-order valence-corrected chi connectivity index (χ3v) is 5.28. The summed E-state index contributed by atoms with van der Waals surface area (Å²) >= 11 is 23.1. The van der Waals surface area contributed by atoms with Gasteiger partial charge in [0.2, 0.25) is 0 Å². The number of methoxy groups -OCH3 is 1. The second-order valence-corrected chi connectivity index (χ2v) is 7.64. The number of hydrogen-bond donors (Lipinski definition) is 0. The average molecular weight is 504 g/mol. The molecule has 0 aromatic heterocycles. The lowest BCUT2D eigenvalue weighted by Crippen LogP contribution is -1.96. The Hall–Kier alpha value is 0.260. The van der Waals surface area contributed by atoms with Crippen LogP contribution in [-0.2, 0) is 0 Å². The third kappa shape index (κ3) is 3.72. The third-order valence-electron chi connectivity index (χ3n) is 2.72. The lowest BCUT2D eigenvalue weighted by molar-refractivity contribution is 0.415. The van der Waals surface area contributed by atoms with Crippen molar-refractivity contribution in [3.63, 3.8) is 0 Å². The molecule has 6 heteroatoms. The first-order chi connectivity index (χ1) is 9.42. The van der Waals surface area contributed by atoms with Crippen LogP contribution in [0.5, 0.6) is 5.75 Å². The normalized spacial score (nSPS) is 12.3. The van der Waals surface area contributed by atoms with Crippen molar-refractivity contribution in [3.8, 4) is 5.75 Å². The van der Waals surface area contributed by atoms with E-state index >= 15 is 0 Å². The molecule has 0 aliphatic rings. The molecule has 0 amide bonds. The van der Waals surface area contributed by atoms with Crippen molar-refractivity contribution in [2.45, 2.75) is 4.83 Å². The van der Waals surface area contributed by atoms with Crippen molar-refractivity contribution in [1.29, 1.82) is 0 Å². The summed E-state index contributed by atoms with van der Waals surface area (Å²) < 4.78 is 7.13. The highest BCUT2D eigenvalue weighted by Gasteiger charge is 2.17. The highest BCUT2D eigenvalue weighted by atomic mass is 79.9. The molecule has 106 valence electrons. The molecule has 0 spiro atoms. The number of ether oxygens (including phenoxy) is 1. The van der Waals surface area contributed by atoms with Crippen molar-refractivity contribution in [1.82, 2.24) is 0 Å². The largest absolute Gasteiger partial charge is 0.495 e. The number of rotatable bonds is 3. The Morgan fingerprint density at radius 3 is 2.10 bits per heavy atom. The predicted molar refractivity (Wildman–Crippen MR) is 95.6 cm³/mol. The second-order valence-electron chi connectivity index (χ2n) is 4.07. The van der Waals surface area contributed by atoms with Gasteiger partial charge in [-0.1, -0.05) is 71.0 Å². The summed E-state index contributed by atoms with van der Waals surface area (Å²) in [6, 6.07) is 9.57. The summed E-state index contributed by atoms with van der Waals surface area (Å²) in [4.78, 5) is -0.0628. The monoisotopic (exact) mass is 500 g/mol. The van der Waals surface area contributed by atoms with Gasteiger partial charge < -0.3 is 4.74 Å². The Morgan fingerprint density at radius 1 is 0.950 bits per heavy atom. The van der Waals surface area contributed by atoms with E-state index in [2.05, 4.69) is 47.8 Å². The molecule has 0 heterocycles. The summed E-state index contributed by atoms with van der Waals surface area (Å²) in [5, 5.41) is 1.13. The van der Waals surface area contributed by atoms with Gasteiger partial charge in [0.25, 0.3) is 0 Å². The highest BCUT2D eigenvalue weighted by Crippen LogP contribution is 2.41. The minimum Gasteiger partial charge on any atom is -0.495 e. The molecule has 0 aliphatic heterocycles. The molecular weight excluding hydrogens is 495 g/mol. The molecule has 0 bridgehead atoms. The SMILES string of the molecule is COc1cc(Cl)c(C(Br)c2cc(Br)cc(Br)c2)cc1Cl. The van der Waals surface area contributed by atoms with Crippen LogP contribution in [0.2, 0.25) is 10.0 Å². The quantitative estimate of drug-likeness (QED) is 0.409. The smallest absolute Gasteiger partial charge is 0.138 e. The summed E-state index contributed by atoms with van der Waals surface area (Å²) in [5.74, 6) is 0.565. The zero-order chi connectivity index (χ0) is 14.9. The van der Waals surface area contributed by atoms with E-state index in [0.717, 1.165) is 20.1 Å². The van der Waals surface area contributed by atoms with Crippen molar-refractivity contribution in [2.75, 3.05) is 7.11 Å². The van der Waals surface area contributed by atoms with E-state index in [1.807, 2.05) is 24.3 Å². The van der Waals surface area contributed by atoms with Crippen LogP contribution in [0.1, 0.15) is 16.0 Å². The molecule has 0 aliphatic carbocycles. The van der Waals surface area contributed by atoms with E-state index < -0.39 is 0 Å². The Labute approximate surface area is 153 Å². The van der Waals surface area contributed by atoms with Crippen LogP contribution in [0.3, 0.4) is 0 Å². The lowest BCUT2D eigenvalue weighted by atomic mass is 10.0. The van der Waals surface area contributed by atoms with E-state index in [-0.39, 0.29) is 4.83 Å². The molecule has 0 radical (unpaired) electrons. The van der Waals surface area contributed by atoms with Gasteiger partial charge in [0.1, 0.15) is 5.75 Å². The molecule has 0 saturated carbocycles. The van der Waals surface area contributed by atoms with Crippen molar-refractivity contribution in [3.05, 3.63) is 60.4 Å². The fourth-order valence-electron chi connectivity index (χ4n) is 1.80. The van der Waals surface area contributed by atoms with Crippen LogP contribution in [0.15, 0.2) is 39.3 Å². The molecule has 0 saturated heterocycles. The topological polar surface area (TPSA) is 9.23 Å². The van der Waals surface area contributed by atoms with Crippen molar-refractivity contribution < 1.29 is 4.74 Å². The zero-order valence-corrected chi connectivity index (χ0v) is 16.5. The molecule has 1 nitrogen and oxygen atoms in total. The van der Waals surface area contributed by atoms with Gasteiger partial charge in [0.05, 0.1) is 17.0 Å². The van der Waals surface area contributed by atoms with Crippen LogP contribution in [0.25, 0.3) is 0 Å².